The highest BCUT2D eigenvalue weighted by molar-refractivity contribution is 7.99. The van der Waals surface area contributed by atoms with Crippen molar-refractivity contribution in [2.45, 2.75) is 30.8 Å². The van der Waals surface area contributed by atoms with Gasteiger partial charge < -0.3 is 10.6 Å². The Balaban J connectivity index is 1.73. The number of hydrogen-bond acceptors (Lipinski definition) is 3. The smallest absolute Gasteiger partial charge is 0.221 e. The molecule has 0 bridgehead atoms. The van der Waals surface area contributed by atoms with Crippen LogP contribution in [0.4, 0.5) is 5.69 Å². The molecule has 1 amide bonds. The molecule has 2 aromatic rings. The fourth-order valence-electron chi connectivity index (χ4n) is 2.79. The average molecular weight is 312 g/mol. The zero-order valence-electron chi connectivity index (χ0n) is 12.8. The van der Waals surface area contributed by atoms with Crippen molar-refractivity contribution in [3.05, 3.63) is 59.7 Å². The predicted octanol–water partition coefficient (Wildman–Crippen LogP) is 4.14. The molecule has 2 atom stereocenters. The van der Waals surface area contributed by atoms with Crippen molar-refractivity contribution in [1.29, 1.82) is 0 Å². The van der Waals surface area contributed by atoms with Crippen LogP contribution in [0.15, 0.2) is 53.4 Å². The summed E-state index contributed by atoms with van der Waals surface area (Å²) in [5.74, 6) is 1.02. The van der Waals surface area contributed by atoms with E-state index in [2.05, 4.69) is 47.9 Å². The van der Waals surface area contributed by atoms with Gasteiger partial charge in [-0.05, 0) is 36.2 Å². The van der Waals surface area contributed by atoms with Crippen LogP contribution in [0.2, 0.25) is 0 Å². The van der Waals surface area contributed by atoms with Crippen molar-refractivity contribution in [3.8, 4) is 0 Å². The second kappa shape index (κ2) is 6.55. The van der Waals surface area contributed by atoms with Crippen molar-refractivity contribution < 1.29 is 4.79 Å². The number of amides is 1. The SMILES string of the molecule is CC(=O)Nc1cccc(C(C)NC2CSc3ccccc32)c1. The first-order valence-corrected chi connectivity index (χ1v) is 8.47. The minimum Gasteiger partial charge on any atom is -0.326 e. The molecule has 1 heterocycles. The molecule has 0 aliphatic carbocycles. The molecule has 0 radical (unpaired) electrons. The molecule has 0 saturated heterocycles. The summed E-state index contributed by atoms with van der Waals surface area (Å²) in [7, 11) is 0. The first-order valence-electron chi connectivity index (χ1n) is 7.49. The van der Waals surface area contributed by atoms with E-state index in [1.54, 1.807) is 0 Å². The molecule has 2 N–H and O–H groups in total. The Kier molecular flexibility index (Phi) is 4.50. The topological polar surface area (TPSA) is 41.1 Å². The number of anilines is 1. The summed E-state index contributed by atoms with van der Waals surface area (Å²) in [5, 5.41) is 6.54. The van der Waals surface area contributed by atoms with Gasteiger partial charge in [0.15, 0.2) is 0 Å². The lowest BCUT2D eigenvalue weighted by Crippen LogP contribution is -2.24. The maximum atomic E-state index is 11.2. The van der Waals surface area contributed by atoms with Crippen LogP contribution in [0.3, 0.4) is 0 Å². The highest BCUT2D eigenvalue weighted by atomic mass is 32.2. The third-order valence-corrected chi connectivity index (χ3v) is 5.04. The van der Waals surface area contributed by atoms with Crippen LogP contribution in [-0.2, 0) is 4.79 Å². The van der Waals surface area contributed by atoms with Gasteiger partial charge in [0.25, 0.3) is 0 Å². The summed E-state index contributed by atoms with van der Waals surface area (Å²) < 4.78 is 0. The van der Waals surface area contributed by atoms with Gasteiger partial charge >= 0.3 is 0 Å². The number of benzene rings is 2. The van der Waals surface area contributed by atoms with Crippen molar-refractivity contribution in [2.24, 2.45) is 0 Å². The third kappa shape index (κ3) is 3.34. The van der Waals surface area contributed by atoms with Crippen LogP contribution in [0.25, 0.3) is 0 Å². The van der Waals surface area contributed by atoms with Crippen molar-refractivity contribution in [3.63, 3.8) is 0 Å². The lowest BCUT2D eigenvalue weighted by atomic mass is 10.0. The second-order valence-corrected chi connectivity index (χ2v) is 6.66. The second-order valence-electron chi connectivity index (χ2n) is 5.60. The van der Waals surface area contributed by atoms with E-state index in [-0.39, 0.29) is 11.9 Å². The van der Waals surface area contributed by atoms with Crippen LogP contribution in [-0.4, -0.2) is 11.7 Å². The Hall–Kier alpha value is -1.78. The lowest BCUT2D eigenvalue weighted by molar-refractivity contribution is -0.114. The molecule has 3 rings (SSSR count). The van der Waals surface area contributed by atoms with Crippen LogP contribution >= 0.6 is 11.8 Å². The van der Waals surface area contributed by atoms with Crippen LogP contribution in [0.1, 0.15) is 37.1 Å². The minimum absolute atomic E-state index is 0.0427. The van der Waals surface area contributed by atoms with Gasteiger partial charge in [0.1, 0.15) is 0 Å². The summed E-state index contributed by atoms with van der Waals surface area (Å²) in [6, 6.07) is 17.2. The molecule has 1 aliphatic heterocycles. The monoisotopic (exact) mass is 312 g/mol. The van der Waals surface area contributed by atoms with Crippen molar-refractivity contribution in [2.75, 3.05) is 11.1 Å². The van der Waals surface area contributed by atoms with E-state index < -0.39 is 0 Å². The summed E-state index contributed by atoms with van der Waals surface area (Å²) in [4.78, 5) is 12.6. The Morgan fingerprint density at radius 2 is 2.05 bits per heavy atom. The number of carbonyl (C=O) groups excluding carboxylic acids is 1. The van der Waals surface area contributed by atoms with Gasteiger partial charge in [0.05, 0.1) is 0 Å². The number of thioether (sulfide) groups is 1. The Bertz CT molecular complexity index is 686. The molecule has 3 nitrogen and oxygen atoms in total. The van der Waals surface area contributed by atoms with Gasteiger partial charge in [-0.15, -0.1) is 11.8 Å². The molecule has 22 heavy (non-hydrogen) atoms. The van der Waals surface area contributed by atoms with E-state index in [1.165, 1.54) is 22.9 Å². The number of fused-ring (bicyclic) bond motifs is 1. The quantitative estimate of drug-likeness (QED) is 0.891. The highest BCUT2D eigenvalue weighted by Crippen LogP contribution is 2.38. The van der Waals surface area contributed by atoms with Crippen molar-refractivity contribution in [1.82, 2.24) is 5.32 Å². The molecule has 4 heteroatoms. The standard InChI is InChI=1S/C18H20N2OS/c1-12(14-6-5-7-15(10-14)20-13(2)21)19-17-11-22-18-9-4-3-8-16(17)18/h3-10,12,17,19H,11H2,1-2H3,(H,20,21). The molecular formula is C18H20N2OS. The normalized spacial score (nSPS) is 17.8. The van der Waals surface area contributed by atoms with Crippen molar-refractivity contribution >= 4 is 23.4 Å². The Morgan fingerprint density at radius 3 is 2.86 bits per heavy atom. The molecular weight excluding hydrogens is 292 g/mol. The van der Waals surface area contributed by atoms with E-state index in [0.29, 0.717) is 6.04 Å². The lowest BCUT2D eigenvalue weighted by Gasteiger charge is -2.21. The average Bonchev–Trinajstić information content (AvgIpc) is 2.90. The summed E-state index contributed by atoms with van der Waals surface area (Å²) in [5.41, 5.74) is 3.41. The zero-order valence-corrected chi connectivity index (χ0v) is 13.6. The molecule has 0 fully saturated rings. The fraction of sp³-hybridized carbons (Fsp3) is 0.278. The fourth-order valence-corrected chi connectivity index (χ4v) is 3.96. The maximum Gasteiger partial charge on any atom is 0.221 e. The molecule has 114 valence electrons. The summed E-state index contributed by atoms with van der Waals surface area (Å²) >= 11 is 1.91. The van der Waals surface area contributed by atoms with Crippen LogP contribution in [0.5, 0.6) is 0 Å². The summed E-state index contributed by atoms with van der Waals surface area (Å²) in [6.07, 6.45) is 0. The van der Waals surface area contributed by atoms with Crippen LogP contribution in [0, 0.1) is 0 Å². The van der Waals surface area contributed by atoms with Gasteiger partial charge in [-0.3, -0.25) is 4.79 Å². The first-order chi connectivity index (χ1) is 10.6. The molecule has 2 unspecified atom stereocenters. The predicted molar refractivity (Wildman–Crippen MR) is 92.2 cm³/mol. The minimum atomic E-state index is -0.0427. The molecule has 2 aromatic carbocycles. The number of nitrogens with one attached hydrogen (secondary N) is 2. The van der Waals surface area contributed by atoms with E-state index >= 15 is 0 Å². The maximum absolute atomic E-state index is 11.2. The molecule has 0 saturated carbocycles. The zero-order chi connectivity index (χ0) is 15.5. The van der Waals surface area contributed by atoms with E-state index in [9.17, 15) is 4.79 Å². The Labute approximate surface area is 135 Å². The third-order valence-electron chi connectivity index (χ3n) is 3.86. The highest BCUT2D eigenvalue weighted by Gasteiger charge is 2.24. The van der Waals surface area contributed by atoms with E-state index in [0.717, 1.165) is 11.4 Å². The van der Waals surface area contributed by atoms with E-state index in [4.69, 9.17) is 0 Å². The van der Waals surface area contributed by atoms with Gasteiger partial charge in [0.2, 0.25) is 5.91 Å². The molecule has 0 spiro atoms. The Morgan fingerprint density at radius 1 is 1.23 bits per heavy atom. The number of hydrogen-bond donors (Lipinski definition) is 2. The summed E-state index contributed by atoms with van der Waals surface area (Å²) in [6.45, 7) is 3.69. The largest absolute Gasteiger partial charge is 0.326 e. The van der Waals surface area contributed by atoms with Gasteiger partial charge in [-0.1, -0.05) is 30.3 Å². The molecule has 1 aliphatic rings. The number of carbonyl (C=O) groups is 1. The van der Waals surface area contributed by atoms with Crippen LogP contribution < -0.4 is 10.6 Å². The molecule has 0 aromatic heterocycles. The first kappa shape index (κ1) is 15.1. The van der Waals surface area contributed by atoms with Gasteiger partial charge in [-0.2, -0.15) is 0 Å². The van der Waals surface area contributed by atoms with E-state index in [1.807, 2.05) is 30.0 Å². The van der Waals surface area contributed by atoms with Gasteiger partial charge in [0, 0.05) is 35.3 Å². The van der Waals surface area contributed by atoms with Gasteiger partial charge in [-0.25, -0.2) is 0 Å². The number of rotatable bonds is 4.